The van der Waals surface area contributed by atoms with Crippen LogP contribution in [0.5, 0.6) is 0 Å². The number of nitrogens with one attached hydrogen (secondary N) is 1. The van der Waals surface area contributed by atoms with Gasteiger partial charge in [0.05, 0.1) is 0 Å². The molecule has 0 spiro atoms. The van der Waals surface area contributed by atoms with Gasteiger partial charge in [-0.3, -0.25) is 14.9 Å². The van der Waals surface area contributed by atoms with E-state index in [9.17, 15) is 14.7 Å². The summed E-state index contributed by atoms with van der Waals surface area (Å²) in [4.78, 5) is 22.0. The average Bonchev–Trinajstić information content (AvgIpc) is 2.56. The minimum absolute atomic E-state index is 0.198. The molecule has 0 saturated heterocycles. The number of hydrogen-bond acceptors (Lipinski definition) is 6. The molecule has 0 saturated carbocycles. The molecule has 7 nitrogen and oxygen atoms in total. The van der Waals surface area contributed by atoms with E-state index in [-0.39, 0.29) is 5.70 Å². The van der Waals surface area contributed by atoms with Crippen LogP contribution in [0.2, 0.25) is 0 Å². The highest BCUT2D eigenvalue weighted by atomic mass is 16.5. The summed E-state index contributed by atoms with van der Waals surface area (Å²) in [5.41, 5.74) is -0.198. The molecule has 17 heavy (non-hydrogen) atoms. The van der Waals surface area contributed by atoms with E-state index in [2.05, 4.69) is 0 Å². The zero-order chi connectivity index (χ0) is 13.4. The molecule has 0 bridgehead atoms. The van der Waals surface area contributed by atoms with Crippen molar-refractivity contribution in [1.29, 1.82) is 0 Å². The van der Waals surface area contributed by atoms with Crippen molar-refractivity contribution in [3.63, 3.8) is 0 Å². The molecule has 1 heterocycles. The second kappa shape index (κ2) is 7.64. The summed E-state index contributed by atoms with van der Waals surface area (Å²) in [6, 6.07) is 0. The first kappa shape index (κ1) is 15.4. The molecule has 2 amide bonds. The van der Waals surface area contributed by atoms with Crippen LogP contribution in [0.3, 0.4) is 0 Å². The van der Waals surface area contributed by atoms with Crippen LogP contribution in [0.4, 0.5) is 0 Å². The Morgan fingerprint density at radius 3 is 2.35 bits per heavy atom. The quantitative estimate of drug-likeness (QED) is 0.265. The first-order valence-corrected chi connectivity index (χ1v) is 5.38. The van der Waals surface area contributed by atoms with Crippen molar-refractivity contribution in [1.82, 2.24) is 10.3 Å². The smallest absolute Gasteiger partial charge is 0.295 e. The Kier molecular flexibility index (Phi) is 6.92. The molecular formula is C10H19N3O4. The third kappa shape index (κ3) is 4.04. The highest BCUT2D eigenvalue weighted by molar-refractivity contribution is 6.17. The van der Waals surface area contributed by atoms with Gasteiger partial charge in [-0.2, -0.15) is 0 Å². The summed E-state index contributed by atoms with van der Waals surface area (Å²) in [6.07, 6.45) is 0.589. The van der Waals surface area contributed by atoms with E-state index in [4.69, 9.17) is 10.6 Å². The number of nitrogens with two attached hydrogens (primary N) is 1. The van der Waals surface area contributed by atoms with Gasteiger partial charge in [0.25, 0.3) is 11.8 Å². The summed E-state index contributed by atoms with van der Waals surface area (Å²) in [7, 11) is 1.55. The molecule has 0 atom stereocenters. The van der Waals surface area contributed by atoms with Crippen LogP contribution in [-0.2, 0) is 14.3 Å². The van der Waals surface area contributed by atoms with Gasteiger partial charge in [0.2, 0.25) is 5.76 Å². The number of rotatable bonds is 5. The van der Waals surface area contributed by atoms with Gasteiger partial charge >= 0.3 is 0 Å². The monoisotopic (exact) mass is 245 g/mol. The Hall–Kier alpha value is -1.60. The first-order chi connectivity index (χ1) is 8.07. The summed E-state index contributed by atoms with van der Waals surface area (Å²) in [5, 5.41) is 12.2. The average molecular weight is 245 g/mol. The van der Waals surface area contributed by atoms with Crippen LogP contribution in [0, 0.1) is 0 Å². The molecule has 0 aromatic carbocycles. The van der Waals surface area contributed by atoms with Crippen LogP contribution >= 0.6 is 0 Å². The predicted octanol–water partition coefficient (Wildman–Crippen LogP) is -0.349. The van der Waals surface area contributed by atoms with Crippen molar-refractivity contribution >= 4 is 11.8 Å². The van der Waals surface area contributed by atoms with Gasteiger partial charge in [-0.15, -0.1) is 0 Å². The Balaban J connectivity index is 0.00000121. The molecule has 0 aromatic rings. The first-order valence-electron chi connectivity index (χ1n) is 5.38. The lowest BCUT2D eigenvalue weighted by Crippen LogP contribution is -2.36. The topological polar surface area (TPSA) is 105 Å². The van der Waals surface area contributed by atoms with Gasteiger partial charge in [-0.25, -0.2) is 5.84 Å². The van der Waals surface area contributed by atoms with Crippen molar-refractivity contribution < 1.29 is 19.4 Å². The van der Waals surface area contributed by atoms with Gasteiger partial charge in [0.15, 0.2) is 5.70 Å². The van der Waals surface area contributed by atoms with E-state index in [0.29, 0.717) is 19.6 Å². The number of methoxy groups -OCH3 is 1. The van der Waals surface area contributed by atoms with Crippen molar-refractivity contribution in [3.8, 4) is 0 Å². The maximum Gasteiger partial charge on any atom is 0.295 e. The number of hydrogen-bond donors (Lipinski definition) is 3. The molecule has 98 valence electrons. The number of ether oxygens (including phenoxy) is 1. The number of aliphatic hydroxyl groups is 1. The van der Waals surface area contributed by atoms with Gasteiger partial charge < -0.3 is 14.9 Å². The van der Waals surface area contributed by atoms with Gasteiger partial charge in [0.1, 0.15) is 0 Å². The minimum atomic E-state index is -0.822. The molecular weight excluding hydrogens is 226 g/mol. The molecule has 0 radical (unpaired) electrons. The number of imide groups is 1. The van der Waals surface area contributed by atoms with Gasteiger partial charge in [0, 0.05) is 20.3 Å². The Morgan fingerprint density at radius 1 is 1.35 bits per heavy atom. The molecule has 1 aliphatic heterocycles. The Labute approximate surface area is 100 Å². The van der Waals surface area contributed by atoms with Crippen molar-refractivity contribution in [3.05, 3.63) is 11.5 Å². The highest BCUT2D eigenvalue weighted by Gasteiger charge is 2.32. The number of aliphatic hydroxyl groups excluding tert-OH is 1. The number of hydrazine groups is 1. The predicted molar refractivity (Wildman–Crippen MR) is 61.5 cm³/mol. The fourth-order valence-electron chi connectivity index (χ4n) is 1.19. The highest BCUT2D eigenvalue weighted by Crippen LogP contribution is 2.11. The summed E-state index contributed by atoms with van der Waals surface area (Å²) >= 11 is 0. The largest absolute Gasteiger partial charge is 0.501 e. The molecule has 0 fully saturated rings. The van der Waals surface area contributed by atoms with Gasteiger partial charge in [-0.05, 0) is 6.42 Å². The van der Waals surface area contributed by atoms with Crippen LogP contribution < -0.4 is 11.2 Å². The molecule has 0 aliphatic carbocycles. The van der Waals surface area contributed by atoms with E-state index in [1.807, 2.05) is 19.2 Å². The standard InChI is InChI=1S/C8H13N3O4.C2H6/c1-15-4-2-3-11(9)5-6(12)8(14)10-7(5)13;1-2/h2-4,9H2,1H3,(H2,10,12,13,14);1-2H3. The summed E-state index contributed by atoms with van der Waals surface area (Å²) < 4.78 is 4.80. The van der Waals surface area contributed by atoms with Crippen molar-refractivity contribution in [2.24, 2.45) is 5.84 Å². The second-order valence-corrected chi connectivity index (χ2v) is 3.02. The number of nitrogens with zero attached hydrogens (tertiary/aromatic N) is 1. The van der Waals surface area contributed by atoms with Crippen molar-refractivity contribution in [2.75, 3.05) is 20.3 Å². The van der Waals surface area contributed by atoms with Crippen LogP contribution in [-0.4, -0.2) is 42.2 Å². The Morgan fingerprint density at radius 2 is 1.94 bits per heavy atom. The van der Waals surface area contributed by atoms with E-state index >= 15 is 0 Å². The maximum absolute atomic E-state index is 11.2. The molecule has 4 N–H and O–H groups in total. The van der Waals surface area contributed by atoms with Crippen LogP contribution in [0.15, 0.2) is 11.5 Å². The maximum atomic E-state index is 11.2. The molecule has 0 aromatic heterocycles. The normalized spacial score (nSPS) is 14.4. The van der Waals surface area contributed by atoms with Crippen molar-refractivity contribution in [2.45, 2.75) is 20.3 Å². The SMILES string of the molecule is CC.COCCCN(N)C1=C(O)C(=O)NC1=O. The van der Waals surface area contributed by atoms with E-state index < -0.39 is 17.6 Å². The van der Waals surface area contributed by atoms with E-state index in [1.54, 1.807) is 7.11 Å². The van der Waals surface area contributed by atoms with Crippen LogP contribution in [0.25, 0.3) is 0 Å². The zero-order valence-electron chi connectivity index (χ0n) is 10.3. The number of amides is 2. The van der Waals surface area contributed by atoms with Crippen LogP contribution in [0.1, 0.15) is 20.3 Å². The van der Waals surface area contributed by atoms with E-state index in [0.717, 1.165) is 5.01 Å². The van der Waals surface area contributed by atoms with Gasteiger partial charge in [-0.1, -0.05) is 13.8 Å². The minimum Gasteiger partial charge on any atom is -0.501 e. The molecule has 1 aliphatic rings. The number of carbonyl (C=O) groups is 2. The molecule has 0 unspecified atom stereocenters. The molecule has 1 rings (SSSR count). The number of carbonyl (C=O) groups excluding carboxylic acids is 2. The third-order valence-corrected chi connectivity index (χ3v) is 1.92. The second-order valence-electron chi connectivity index (χ2n) is 3.02. The van der Waals surface area contributed by atoms with E-state index in [1.165, 1.54) is 0 Å². The molecule has 7 heteroatoms. The fourth-order valence-corrected chi connectivity index (χ4v) is 1.19. The Bertz CT molecular complexity index is 315. The fraction of sp³-hybridized carbons (Fsp3) is 0.600. The summed E-state index contributed by atoms with van der Waals surface area (Å²) in [6.45, 7) is 4.80. The zero-order valence-corrected chi connectivity index (χ0v) is 10.3. The lowest BCUT2D eigenvalue weighted by atomic mass is 10.3. The summed E-state index contributed by atoms with van der Waals surface area (Å²) in [5.74, 6) is 3.37. The lowest BCUT2D eigenvalue weighted by molar-refractivity contribution is -0.125. The third-order valence-electron chi connectivity index (χ3n) is 1.92. The lowest BCUT2D eigenvalue weighted by Gasteiger charge is -2.17.